The first-order valence-electron chi connectivity index (χ1n) is 7.03. The van der Waals surface area contributed by atoms with Crippen molar-refractivity contribution in [2.75, 3.05) is 5.32 Å². The van der Waals surface area contributed by atoms with Crippen LogP contribution >= 0.6 is 11.5 Å². The van der Waals surface area contributed by atoms with Crippen LogP contribution < -0.4 is 5.32 Å². The van der Waals surface area contributed by atoms with Gasteiger partial charge in [-0.1, -0.05) is 12.1 Å². The van der Waals surface area contributed by atoms with Gasteiger partial charge in [0.1, 0.15) is 5.00 Å². The van der Waals surface area contributed by atoms with E-state index in [1.165, 1.54) is 29.6 Å². The van der Waals surface area contributed by atoms with E-state index in [1.807, 2.05) is 0 Å². The van der Waals surface area contributed by atoms with Gasteiger partial charge in [0, 0.05) is 11.4 Å². The maximum absolute atomic E-state index is 4.53. The molecule has 4 atom stereocenters. The molecule has 1 aromatic heterocycles. The highest BCUT2D eigenvalue weighted by Gasteiger charge is 2.65. The molecule has 0 aliphatic heterocycles. The molecule has 3 heteroatoms. The minimum Gasteiger partial charge on any atom is -0.372 e. The smallest absolute Gasteiger partial charge is 0.117 e. The lowest BCUT2D eigenvalue weighted by molar-refractivity contribution is 0.456. The number of benzene rings is 1. The number of nitrogens with zero attached hydrogens (tertiary/aromatic N) is 1. The van der Waals surface area contributed by atoms with Crippen LogP contribution in [0.2, 0.25) is 0 Å². The number of fused-ring (bicyclic) bond motifs is 6. The highest BCUT2D eigenvalue weighted by Crippen LogP contribution is 2.66. The van der Waals surface area contributed by atoms with E-state index in [4.69, 9.17) is 0 Å². The molecule has 18 heavy (non-hydrogen) atoms. The van der Waals surface area contributed by atoms with Crippen LogP contribution in [0.4, 0.5) is 5.00 Å². The highest BCUT2D eigenvalue weighted by molar-refractivity contribution is 7.11. The quantitative estimate of drug-likeness (QED) is 0.885. The molecule has 2 nitrogen and oxygen atoms in total. The van der Waals surface area contributed by atoms with Gasteiger partial charge in [0.2, 0.25) is 0 Å². The Bertz CT molecular complexity index is 604. The molecule has 0 radical (unpaired) electrons. The van der Waals surface area contributed by atoms with Crippen molar-refractivity contribution in [2.45, 2.75) is 25.3 Å². The van der Waals surface area contributed by atoms with Gasteiger partial charge in [-0.05, 0) is 66.6 Å². The van der Waals surface area contributed by atoms with Gasteiger partial charge < -0.3 is 5.32 Å². The Morgan fingerprint density at radius 1 is 1.11 bits per heavy atom. The SMILES string of the molecule is c1ccc2c(NC3C4C5CCC(C5)C34)snc2c1. The summed E-state index contributed by atoms with van der Waals surface area (Å²) in [5.74, 6) is 4.06. The molecule has 92 valence electrons. The van der Waals surface area contributed by atoms with E-state index in [9.17, 15) is 0 Å². The van der Waals surface area contributed by atoms with Crippen molar-refractivity contribution >= 4 is 27.4 Å². The molecule has 4 unspecified atom stereocenters. The molecule has 0 spiro atoms. The molecule has 3 fully saturated rings. The predicted molar refractivity (Wildman–Crippen MR) is 74.8 cm³/mol. The summed E-state index contributed by atoms with van der Waals surface area (Å²) in [6.45, 7) is 0. The average Bonchev–Trinajstić information content (AvgIpc) is 2.79. The van der Waals surface area contributed by atoms with Crippen molar-refractivity contribution < 1.29 is 0 Å². The van der Waals surface area contributed by atoms with Crippen LogP contribution in [0, 0.1) is 23.7 Å². The minimum absolute atomic E-state index is 0.764. The van der Waals surface area contributed by atoms with Gasteiger partial charge in [0.05, 0.1) is 5.52 Å². The fraction of sp³-hybridized carbons (Fsp3) is 0.533. The van der Waals surface area contributed by atoms with Crippen molar-refractivity contribution in [1.82, 2.24) is 4.37 Å². The molecule has 3 saturated carbocycles. The van der Waals surface area contributed by atoms with Crippen LogP contribution in [0.25, 0.3) is 10.9 Å². The van der Waals surface area contributed by atoms with E-state index >= 15 is 0 Å². The van der Waals surface area contributed by atoms with Crippen molar-refractivity contribution in [1.29, 1.82) is 0 Å². The second kappa shape index (κ2) is 3.27. The molecule has 3 aliphatic carbocycles. The largest absolute Gasteiger partial charge is 0.372 e. The summed E-state index contributed by atoms with van der Waals surface area (Å²) in [5, 5.41) is 6.40. The third-order valence-corrected chi connectivity index (χ3v) is 6.23. The van der Waals surface area contributed by atoms with Gasteiger partial charge in [-0.15, -0.1) is 0 Å². The van der Waals surface area contributed by atoms with Crippen molar-refractivity contribution in [3.05, 3.63) is 24.3 Å². The number of nitrogens with one attached hydrogen (secondary N) is 1. The van der Waals surface area contributed by atoms with Crippen LogP contribution in [-0.2, 0) is 0 Å². The molecule has 3 aliphatic rings. The summed E-state index contributed by atoms with van der Waals surface area (Å²) in [7, 11) is 0. The van der Waals surface area contributed by atoms with Gasteiger partial charge in [0.25, 0.3) is 0 Å². The number of aromatic nitrogens is 1. The van der Waals surface area contributed by atoms with E-state index in [0.29, 0.717) is 0 Å². The molecule has 2 aromatic rings. The van der Waals surface area contributed by atoms with E-state index < -0.39 is 0 Å². The number of hydrogen-bond donors (Lipinski definition) is 1. The molecule has 5 rings (SSSR count). The van der Waals surface area contributed by atoms with Gasteiger partial charge in [-0.25, -0.2) is 0 Å². The molecule has 0 amide bonds. The zero-order valence-corrected chi connectivity index (χ0v) is 11.0. The van der Waals surface area contributed by atoms with Crippen LogP contribution in [0.5, 0.6) is 0 Å². The molecule has 1 aromatic carbocycles. The maximum Gasteiger partial charge on any atom is 0.117 e. The predicted octanol–water partition coefficient (Wildman–Crippen LogP) is 3.75. The van der Waals surface area contributed by atoms with Crippen LogP contribution in [0.3, 0.4) is 0 Å². The Balaban J connectivity index is 1.45. The van der Waals surface area contributed by atoms with Gasteiger partial charge in [0.15, 0.2) is 0 Å². The summed E-state index contributed by atoms with van der Waals surface area (Å²) >= 11 is 1.63. The van der Waals surface area contributed by atoms with Gasteiger partial charge in [-0.3, -0.25) is 0 Å². The maximum atomic E-state index is 4.53. The Morgan fingerprint density at radius 2 is 1.89 bits per heavy atom. The fourth-order valence-corrected chi connectivity index (χ4v) is 5.47. The molecular formula is C15H16N2S. The fourth-order valence-electron chi connectivity index (χ4n) is 4.66. The first-order chi connectivity index (χ1) is 8.92. The summed E-state index contributed by atoms with van der Waals surface area (Å²) in [4.78, 5) is 0. The van der Waals surface area contributed by atoms with Gasteiger partial charge in [-0.2, -0.15) is 4.37 Å². The van der Waals surface area contributed by atoms with E-state index in [2.05, 4.69) is 34.0 Å². The summed E-state index contributed by atoms with van der Waals surface area (Å²) in [6.07, 6.45) is 4.51. The third kappa shape index (κ3) is 1.16. The molecule has 1 heterocycles. The Hall–Kier alpha value is -1.09. The van der Waals surface area contributed by atoms with E-state index in [-0.39, 0.29) is 0 Å². The minimum atomic E-state index is 0.764. The first kappa shape index (κ1) is 9.79. The average molecular weight is 256 g/mol. The Labute approximate surface area is 111 Å². The Kier molecular flexibility index (Phi) is 1.78. The first-order valence-corrected chi connectivity index (χ1v) is 7.80. The monoisotopic (exact) mass is 256 g/mol. The molecule has 1 N–H and O–H groups in total. The lowest BCUT2D eigenvalue weighted by atomic mass is 10.0. The summed E-state index contributed by atoms with van der Waals surface area (Å²) < 4.78 is 4.53. The lowest BCUT2D eigenvalue weighted by Gasteiger charge is -2.10. The van der Waals surface area contributed by atoms with E-state index in [0.717, 1.165) is 35.2 Å². The summed E-state index contributed by atoms with van der Waals surface area (Å²) in [5.41, 5.74) is 1.14. The zero-order chi connectivity index (χ0) is 11.7. The third-order valence-electron chi connectivity index (χ3n) is 5.42. The standard InChI is InChI=1S/C15H16N2S/c1-2-4-11-10(3-1)15(18-17-11)16-14-12-8-5-6-9(7-8)13(12)14/h1-4,8-9,12-14,16H,5-7H2. The lowest BCUT2D eigenvalue weighted by Crippen LogP contribution is -2.11. The van der Waals surface area contributed by atoms with Gasteiger partial charge >= 0.3 is 0 Å². The number of anilines is 1. The Morgan fingerprint density at radius 3 is 2.72 bits per heavy atom. The number of rotatable bonds is 2. The second-order valence-corrected chi connectivity index (χ2v) is 6.96. The van der Waals surface area contributed by atoms with Crippen molar-refractivity contribution in [3.8, 4) is 0 Å². The van der Waals surface area contributed by atoms with Crippen LogP contribution in [0.15, 0.2) is 24.3 Å². The molecule has 2 bridgehead atoms. The molecular weight excluding hydrogens is 240 g/mol. The zero-order valence-electron chi connectivity index (χ0n) is 10.2. The highest BCUT2D eigenvalue weighted by atomic mass is 32.1. The van der Waals surface area contributed by atoms with Crippen LogP contribution in [0.1, 0.15) is 19.3 Å². The van der Waals surface area contributed by atoms with Crippen molar-refractivity contribution in [2.24, 2.45) is 23.7 Å². The second-order valence-electron chi connectivity index (χ2n) is 6.19. The van der Waals surface area contributed by atoms with Crippen molar-refractivity contribution in [3.63, 3.8) is 0 Å². The van der Waals surface area contributed by atoms with Crippen LogP contribution in [-0.4, -0.2) is 10.4 Å². The topological polar surface area (TPSA) is 24.9 Å². The van der Waals surface area contributed by atoms with E-state index in [1.54, 1.807) is 11.5 Å². The number of hydrogen-bond acceptors (Lipinski definition) is 3. The normalized spacial score (nSPS) is 40.1. The molecule has 0 saturated heterocycles. The summed E-state index contributed by atoms with van der Waals surface area (Å²) in [6, 6.07) is 9.24.